The highest BCUT2D eigenvalue weighted by molar-refractivity contribution is 5.97. The fraction of sp³-hybridized carbons (Fsp3) is 0.481. The van der Waals surface area contributed by atoms with E-state index >= 15 is 0 Å². The van der Waals surface area contributed by atoms with Crippen LogP contribution in [0.5, 0.6) is 0 Å². The van der Waals surface area contributed by atoms with E-state index in [2.05, 4.69) is 10.6 Å². The molecule has 1 aliphatic carbocycles. The zero-order valence-electron chi connectivity index (χ0n) is 19.9. The van der Waals surface area contributed by atoms with Crippen molar-refractivity contribution >= 4 is 11.8 Å². The maximum atomic E-state index is 13.3. The van der Waals surface area contributed by atoms with Crippen molar-refractivity contribution in [2.24, 2.45) is 0 Å². The van der Waals surface area contributed by atoms with Gasteiger partial charge in [0.1, 0.15) is 11.9 Å². The fourth-order valence-corrected chi connectivity index (χ4v) is 4.75. The van der Waals surface area contributed by atoms with E-state index in [0.29, 0.717) is 37.0 Å². The van der Waals surface area contributed by atoms with Crippen molar-refractivity contribution in [2.45, 2.75) is 43.7 Å². The Morgan fingerprint density at radius 2 is 1.79 bits per heavy atom. The summed E-state index contributed by atoms with van der Waals surface area (Å²) in [6.45, 7) is 3.80. The van der Waals surface area contributed by atoms with Crippen LogP contribution in [0.1, 0.15) is 47.5 Å². The van der Waals surface area contributed by atoms with E-state index in [1.807, 2.05) is 35.2 Å². The van der Waals surface area contributed by atoms with Crippen LogP contribution in [0.4, 0.5) is 4.39 Å². The zero-order chi connectivity index (χ0) is 23.9. The lowest BCUT2D eigenvalue weighted by atomic mass is 10.0. The highest BCUT2D eigenvalue weighted by atomic mass is 19.1. The zero-order valence-corrected chi connectivity index (χ0v) is 19.9. The van der Waals surface area contributed by atoms with E-state index in [1.54, 1.807) is 24.1 Å². The quantitative estimate of drug-likeness (QED) is 0.529. The van der Waals surface area contributed by atoms with Crippen molar-refractivity contribution in [3.63, 3.8) is 0 Å². The second-order valence-electron chi connectivity index (χ2n) is 9.32. The summed E-state index contributed by atoms with van der Waals surface area (Å²) in [5.41, 5.74) is 1.78. The molecule has 1 saturated heterocycles. The van der Waals surface area contributed by atoms with Crippen LogP contribution in [-0.2, 0) is 4.79 Å². The molecule has 0 bridgehead atoms. The Morgan fingerprint density at radius 3 is 2.50 bits per heavy atom. The molecule has 34 heavy (non-hydrogen) atoms. The Bertz CT molecular complexity index is 947. The average Bonchev–Trinajstić information content (AvgIpc) is 3.66. The van der Waals surface area contributed by atoms with E-state index < -0.39 is 6.04 Å². The van der Waals surface area contributed by atoms with Gasteiger partial charge in [-0.2, -0.15) is 0 Å². The summed E-state index contributed by atoms with van der Waals surface area (Å²) in [5.74, 6) is 0.180. The van der Waals surface area contributed by atoms with Crippen molar-refractivity contribution in [1.29, 1.82) is 0 Å². The first-order chi connectivity index (χ1) is 16.5. The third kappa shape index (κ3) is 6.21. The summed E-state index contributed by atoms with van der Waals surface area (Å²) in [4.78, 5) is 29.9. The predicted molar refractivity (Wildman–Crippen MR) is 131 cm³/mol. The molecule has 2 fully saturated rings. The lowest BCUT2D eigenvalue weighted by molar-refractivity contribution is -0.136. The second kappa shape index (κ2) is 11.6. The van der Waals surface area contributed by atoms with Crippen LogP contribution >= 0.6 is 0 Å². The third-order valence-corrected chi connectivity index (χ3v) is 6.92. The van der Waals surface area contributed by atoms with Crippen LogP contribution in [0, 0.1) is 5.82 Å². The molecule has 0 spiro atoms. The molecule has 2 aliphatic rings. The highest BCUT2D eigenvalue weighted by Gasteiger charge is 2.37. The standard InChI is InChI=1S/C27H35FN4O2/c1-31(26(33)21-7-3-2-4-8-21)25(27(34)32-17-15-29-16-18-32)9-5-6-14-30-24-19-23(24)20-10-12-22(28)13-11-20/h2-4,7-8,10-13,23-25,29-30H,5-6,9,14-19H2,1H3/t23-,24+,25-/m0/s1. The summed E-state index contributed by atoms with van der Waals surface area (Å²) in [6, 6.07) is 15.9. The van der Waals surface area contributed by atoms with Crippen molar-refractivity contribution in [2.75, 3.05) is 39.8 Å². The van der Waals surface area contributed by atoms with Gasteiger partial charge in [0.15, 0.2) is 0 Å². The van der Waals surface area contributed by atoms with Crippen LogP contribution in [0.25, 0.3) is 0 Å². The van der Waals surface area contributed by atoms with Crippen LogP contribution in [0.2, 0.25) is 0 Å². The fourth-order valence-electron chi connectivity index (χ4n) is 4.75. The minimum absolute atomic E-state index is 0.0415. The molecule has 0 aromatic heterocycles. The number of benzene rings is 2. The van der Waals surface area contributed by atoms with Crippen LogP contribution < -0.4 is 10.6 Å². The maximum Gasteiger partial charge on any atom is 0.254 e. The first-order valence-corrected chi connectivity index (χ1v) is 12.3. The summed E-state index contributed by atoms with van der Waals surface area (Å²) in [7, 11) is 1.75. The van der Waals surface area contributed by atoms with Gasteiger partial charge in [-0.1, -0.05) is 30.3 Å². The molecule has 7 heteroatoms. The topological polar surface area (TPSA) is 64.7 Å². The minimum atomic E-state index is -0.460. The van der Waals surface area contributed by atoms with Gasteiger partial charge in [-0.15, -0.1) is 0 Å². The summed E-state index contributed by atoms with van der Waals surface area (Å²) < 4.78 is 13.1. The number of carbonyl (C=O) groups excluding carboxylic acids is 2. The number of hydrogen-bond acceptors (Lipinski definition) is 4. The number of amides is 2. The normalized spacial score (nSPS) is 20.6. The number of likely N-dealkylation sites (N-methyl/N-ethyl adjacent to an activating group) is 1. The number of unbranched alkanes of at least 4 members (excludes halogenated alkanes) is 1. The number of rotatable bonds is 10. The van der Waals surface area contributed by atoms with Crippen molar-refractivity contribution in [3.8, 4) is 0 Å². The molecule has 3 atom stereocenters. The third-order valence-electron chi connectivity index (χ3n) is 6.92. The van der Waals surface area contributed by atoms with E-state index in [9.17, 15) is 14.0 Å². The molecule has 2 amide bonds. The Labute approximate surface area is 201 Å². The molecule has 1 aliphatic heterocycles. The summed E-state index contributed by atoms with van der Waals surface area (Å²) in [6.07, 6.45) is 3.51. The van der Waals surface area contributed by atoms with Crippen LogP contribution in [0.15, 0.2) is 54.6 Å². The molecule has 6 nitrogen and oxygen atoms in total. The number of nitrogens with zero attached hydrogens (tertiary/aromatic N) is 2. The van der Waals surface area contributed by atoms with E-state index in [-0.39, 0.29) is 17.6 Å². The van der Waals surface area contributed by atoms with Gasteiger partial charge in [-0.3, -0.25) is 9.59 Å². The molecule has 1 heterocycles. The molecular formula is C27H35FN4O2. The number of piperazine rings is 1. The molecule has 2 aromatic rings. The molecule has 2 N–H and O–H groups in total. The van der Waals surface area contributed by atoms with Crippen LogP contribution in [0.3, 0.4) is 0 Å². The van der Waals surface area contributed by atoms with Gasteiger partial charge in [0.05, 0.1) is 0 Å². The molecule has 4 rings (SSSR count). The number of hydrogen-bond donors (Lipinski definition) is 2. The summed E-state index contributed by atoms with van der Waals surface area (Å²) >= 11 is 0. The number of carbonyl (C=O) groups is 2. The Morgan fingerprint density at radius 1 is 1.09 bits per heavy atom. The lowest BCUT2D eigenvalue weighted by Crippen LogP contribution is -2.54. The Hall–Kier alpha value is -2.77. The van der Waals surface area contributed by atoms with Gasteiger partial charge >= 0.3 is 0 Å². The molecule has 182 valence electrons. The van der Waals surface area contributed by atoms with Crippen molar-refractivity contribution in [3.05, 3.63) is 71.5 Å². The molecular weight excluding hydrogens is 431 g/mol. The van der Waals surface area contributed by atoms with Gasteiger partial charge < -0.3 is 20.4 Å². The predicted octanol–water partition coefficient (Wildman–Crippen LogP) is 3.01. The molecule has 0 radical (unpaired) electrons. The van der Waals surface area contributed by atoms with Crippen molar-refractivity contribution < 1.29 is 14.0 Å². The molecule has 1 saturated carbocycles. The summed E-state index contributed by atoms with van der Waals surface area (Å²) in [5, 5.41) is 6.87. The monoisotopic (exact) mass is 466 g/mol. The average molecular weight is 467 g/mol. The van der Waals surface area contributed by atoms with E-state index in [1.165, 1.54) is 17.7 Å². The van der Waals surface area contributed by atoms with Gasteiger partial charge in [-0.25, -0.2) is 4.39 Å². The first-order valence-electron chi connectivity index (χ1n) is 12.3. The van der Waals surface area contributed by atoms with Crippen molar-refractivity contribution in [1.82, 2.24) is 20.4 Å². The SMILES string of the molecule is CN(C(=O)c1ccccc1)[C@@H](CCCCN[C@@H]1C[C@H]1c1ccc(F)cc1)C(=O)N1CCNCC1. The van der Waals surface area contributed by atoms with Crippen LogP contribution in [-0.4, -0.2) is 73.5 Å². The Balaban J connectivity index is 1.28. The van der Waals surface area contributed by atoms with E-state index in [4.69, 9.17) is 0 Å². The first kappa shape index (κ1) is 24.4. The Kier molecular flexibility index (Phi) is 8.29. The number of halogens is 1. The highest BCUT2D eigenvalue weighted by Crippen LogP contribution is 2.40. The van der Waals surface area contributed by atoms with Gasteiger partial charge in [0, 0.05) is 50.7 Å². The van der Waals surface area contributed by atoms with Gasteiger partial charge in [0.25, 0.3) is 5.91 Å². The van der Waals surface area contributed by atoms with E-state index in [0.717, 1.165) is 38.9 Å². The maximum absolute atomic E-state index is 13.3. The second-order valence-corrected chi connectivity index (χ2v) is 9.32. The number of nitrogens with one attached hydrogen (secondary N) is 2. The van der Waals surface area contributed by atoms with Gasteiger partial charge in [-0.05, 0) is 62.1 Å². The van der Waals surface area contributed by atoms with Gasteiger partial charge in [0.2, 0.25) is 5.91 Å². The largest absolute Gasteiger partial charge is 0.338 e. The lowest BCUT2D eigenvalue weighted by Gasteiger charge is -2.35. The molecule has 0 unspecified atom stereocenters. The smallest absolute Gasteiger partial charge is 0.254 e. The molecule has 2 aromatic carbocycles. The minimum Gasteiger partial charge on any atom is -0.338 e.